The van der Waals surface area contributed by atoms with Gasteiger partial charge in [-0.1, -0.05) is 35.4 Å². The Bertz CT molecular complexity index is 671. The van der Waals surface area contributed by atoms with Crippen LogP contribution in [-0.2, 0) is 13.1 Å². The summed E-state index contributed by atoms with van der Waals surface area (Å²) in [6.07, 6.45) is 0. The lowest BCUT2D eigenvalue weighted by Gasteiger charge is -2.16. The van der Waals surface area contributed by atoms with Crippen molar-refractivity contribution in [3.05, 3.63) is 64.2 Å². The number of rotatable bonds is 2. The van der Waals surface area contributed by atoms with Crippen LogP contribution in [0.15, 0.2) is 36.4 Å². The minimum Gasteiger partial charge on any atom is -0.399 e. The Hall–Kier alpha value is -2.29. The summed E-state index contributed by atoms with van der Waals surface area (Å²) < 4.78 is 0. The van der Waals surface area contributed by atoms with Crippen molar-refractivity contribution in [2.24, 2.45) is 0 Å². The molecule has 0 fully saturated rings. The summed E-state index contributed by atoms with van der Waals surface area (Å²) in [5.41, 5.74) is 11.8. The normalized spacial score (nSPS) is 13.7. The SMILES string of the molecule is Cc1cc(C)cc(CN2Cc3ccc(N)cc3C2=O)c1. The van der Waals surface area contributed by atoms with Crippen molar-refractivity contribution in [3.63, 3.8) is 0 Å². The van der Waals surface area contributed by atoms with Gasteiger partial charge in [0.2, 0.25) is 0 Å². The molecule has 0 radical (unpaired) electrons. The van der Waals surface area contributed by atoms with Crippen molar-refractivity contribution in [2.75, 3.05) is 5.73 Å². The van der Waals surface area contributed by atoms with Crippen LogP contribution in [0.3, 0.4) is 0 Å². The number of fused-ring (bicyclic) bond motifs is 1. The summed E-state index contributed by atoms with van der Waals surface area (Å²) in [5, 5.41) is 0. The van der Waals surface area contributed by atoms with Crippen LogP contribution < -0.4 is 5.73 Å². The first kappa shape index (κ1) is 12.7. The molecule has 102 valence electrons. The molecule has 2 aromatic rings. The Kier molecular flexibility index (Phi) is 2.97. The number of aryl methyl sites for hydroxylation is 2. The van der Waals surface area contributed by atoms with Gasteiger partial charge in [-0.2, -0.15) is 0 Å². The van der Waals surface area contributed by atoms with Gasteiger partial charge in [-0.3, -0.25) is 4.79 Å². The minimum absolute atomic E-state index is 0.0754. The maximum Gasteiger partial charge on any atom is 0.254 e. The van der Waals surface area contributed by atoms with Gasteiger partial charge in [0.15, 0.2) is 0 Å². The van der Waals surface area contributed by atoms with E-state index in [4.69, 9.17) is 5.73 Å². The highest BCUT2D eigenvalue weighted by Crippen LogP contribution is 2.26. The van der Waals surface area contributed by atoms with Gasteiger partial charge in [0.05, 0.1) is 0 Å². The van der Waals surface area contributed by atoms with Crippen molar-refractivity contribution in [1.29, 1.82) is 0 Å². The molecule has 2 aromatic carbocycles. The quantitative estimate of drug-likeness (QED) is 0.849. The van der Waals surface area contributed by atoms with Gasteiger partial charge in [-0.05, 0) is 37.1 Å². The first-order valence-electron chi connectivity index (χ1n) is 6.78. The number of amides is 1. The first-order chi connectivity index (χ1) is 9.52. The number of carbonyl (C=O) groups excluding carboxylic acids is 1. The van der Waals surface area contributed by atoms with E-state index >= 15 is 0 Å². The molecule has 20 heavy (non-hydrogen) atoms. The van der Waals surface area contributed by atoms with Crippen LogP contribution in [0.4, 0.5) is 5.69 Å². The molecular formula is C17H18N2O. The van der Waals surface area contributed by atoms with Gasteiger partial charge in [0, 0.05) is 24.3 Å². The first-order valence-corrected chi connectivity index (χ1v) is 6.78. The highest BCUT2D eigenvalue weighted by molar-refractivity contribution is 5.99. The Morgan fingerprint density at radius 2 is 1.80 bits per heavy atom. The molecule has 3 nitrogen and oxygen atoms in total. The summed E-state index contributed by atoms with van der Waals surface area (Å²) in [4.78, 5) is 14.3. The standard InChI is InChI=1S/C17H18N2O/c1-11-5-12(2)7-13(6-11)9-19-10-14-3-4-15(18)8-16(14)17(19)20/h3-8H,9-10,18H2,1-2H3. The number of anilines is 1. The fraction of sp³-hybridized carbons (Fsp3) is 0.235. The maximum atomic E-state index is 12.4. The monoisotopic (exact) mass is 266 g/mol. The summed E-state index contributed by atoms with van der Waals surface area (Å²) in [6, 6.07) is 12.0. The van der Waals surface area contributed by atoms with E-state index in [1.165, 1.54) is 16.7 Å². The number of hydrogen-bond donors (Lipinski definition) is 1. The smallest absolute Gasteiger partial charge is 0.254 e. The Labute approximate surface area is 119 Å². The Morgan fingerprint density at radius 3 is 2.50 bits per heavy atom. The lowest BCUT2D eigenvalue weighted by molar-refractivity contribution is 0.0766. The highest BCUT2D eigenvalue weighted by atomic mass is 16.2. The van der Waals surface area contributed by atoms with Crippen LogP contribution in [0.5, 0.6) is 0 Å². The summed E-state index contributed by atoms with van der Waals surface area (Å²) in [5.74, 6) is 0.0754. The summed E-state index contributed by atoms with van der Waals surface area (Å²) in [6.45, 7) is 5.48. The van der Waals surface area contributed by atoms with E-state index in [-0.39, 0.29) is 5.91 Å². The molecule has 0 saturated carbocycles. The van der Waals surface area contributed by atoms with E-state index in [0.717, 1.165) is 11.1 Å². The van der Waals surface area contributed by atoms with Gasteiger partial charge in [0.1, 0.15) is 0 Å². The van der Waals surface area contributed by atoms with E-state index in [1.807, 2.05) is 17.0 Å². The average Bonchev–Trinajstić information content (AvgIpc) is 2.65. The van der Waals surface area contributed by atoms with Crippen molar-refractivity contribution in [1.82, 2.24) is 4.90 Å². The number of nitrogen functional groups attached to an aromatic ring is 1. The number of benzene rings is 2. The molecule has 1 aliphatic heterocycles. The van der Waals surface area contributed by atoms with Gasteiger partial charge in [-0.25, -0.2) is 0 Å². The zero-order chi connectivity index (χ0) is 14.3. The predicted octanol–water partition coefficient (Wildman–Crippen LogP) is 3.04. The van der Waals surface area contributed by atoms with E-state index in [9.17, 15) is 4.79 Å². The number of hydrogen-bond acceptors (Lipinski definition) is 2. The molecule has 0 aliphatic carbocycles. The van der Waals surface area contributed by atoms with Crippen molar-refractivity contribution in [2.45, 2.75) is 26.9 Å². The van der Waals surface area contributed by atoms with Crippen molar-refractivity contribution < 1.29 is 4.79 Å². The van der Waals surface area contributed by atoms with E-state index in [2.05, 4.69) is 32.0 Å². The Balaban J connectivity index is 1.85. The maximum absolute atomic E-state index is 12.4. The van der Waals surface area contributed by atoms with Gasteiger partial charge < -0.3 is 10.6 Å². The van der Waals surface area contributed by atoms with E-state index in [0.29, 0.717) is 18.8 Å². The molecule has 0 saturated heterocycles. The molecule has 0 unspecified atom stereocenters. The molecule has 3 rings (SSSR count). The van der Waals surface area contributed by atoms with Gasteiger partial charge >= 0.3 is 0 Å². The predicted molar refractivity (Wildman–Crippen MR) is 80.3 cm³/mol. The molecule has 1 aliphatic rings. The fourth-order valence-electron chi connectivity index (χ4n) is 2.89. The zero-order valence-electron chi connectivity index (χ0n) is 11.8. The number of nitrogens with zero attached hydrogens (tertiary/aromatic N) is 1. The van der Waals surface area contributed by atoms with E-state index < -0.39 is 0 Å². The number of nitrogens with two attached hydrogens (primary N) is 1. The molecule has 0 bridgehead atoms. The third kappa shape index (κ3) is 2.27. The summed E-state index contributed by atoms with van der Waals surface area (Å²) >= 11 is 0. The topological polar surface area (TPSA) is 46.3 Å². The van der Waals surface area contributed by atoms with Crippen LogP contribution in [0, 0.1) is 13.8 Å². The zero-order valence-corrected chi connectivity index (χ0v) is 11.8. The van der Waals surface area contributed by atoms with Crippen LogP contribution in [0.2, 0.25) is 0 Å². The van der Waals surface area contributed by atoms with Crippen molar-refractivity contribution >= 4 is 11.6 Å². The summed E-state index contributed by atoms with van der Waals surface area (Å²) in [7, 11) is 0. The highest BCUT2D eigenvalue weighted by Gasteiger charge is 2.27. The largest absolute Gasteiger partial charge is 0.399 e. The molecule has 0 atom stereocenters. The van der Waals surface area contributed by atoms with Crippen LogP contribution in [0.1, 0.15) is 32.6 Å². The van der Waals surface area contributed by atoms with Crippen LogP contribution in [-0.4, -0.2) is 10.8 Å². The molecule has 1 heterocycles. The lowest BCUT2D eigenvalue weighted by Crippen LogP contribution is -2.23. The number of carbonyl (C=O) groups is 1. The second-order valence-electron chi connectivity index (χ2n) is 5.57. The third-order valence-corrected chi connectivity index (χ3v) is 3.67. The molecular weight excluding hydrogens is 248 g/mol. The lowest BCUT2D eigenvalue weighted by atomic mass is 10.1. The van der Waals surface area contributed by atoms with Crippen LogP contribution >= 0.6 is 0 Å². The molecule has 1 amide bonds. The average molecular weight is 266 g/mol. The third-order valence-electron chi connectivity index (χ3n) is 3.67. The van der Waals surface area contributed by atoms with Gasteiger partial charge in [-0.15, -0.1) is 0 Å². The fourth-order valence-corrected chi connectivity index (χ4v) is 2.89. The molecule has 3 heteroatoms. The molecule has 2 N–H and O–H groups in total. The molecule has 0 spiro atoms. The second kappa shape index (κ2) is 4.67. The van der Waals surface area contributed by atoms with Crippen LogP contribution in [0.25, 0.3) is 0 Å². The van der Waals surface area contributed by atoms with Crippen molar-refractivity contribution in [3.8, 4) is 0 Å². The van der Waals surface area contributed by atoms with Gasteiger partial charge in [0.25, 0.3) is 5.91 Å². The molecule has 0 aromatic heterocycles. The second-order valence-corrected chi connectivity index (χ2v) is 5.57. The minimum atomic E-state index is 0.0754. The Morgan fingerprint density at radius 1 is 1.10 bits per heavy atom. The van der Waals surface area contributed by atoms with E-state index in [1.54, 1.807) is 6.07 Å².